The summed E-state index contributed by atoms with van der Waals surface area (Å²) < 4.78 is 6.37. The molecule has 0 bridgehead atoms. The first kappa shape index (κ1) is 23.9. The Balaban J connectivity index is 1.54. The Kier molecular flexibility index (Phi) is 6.65. The third-order valence-electron chi connectivity index (χ3n) is 6.46. The lowest BCUT2D eigenvalue weighted by molar-refractivity contribution is -0.139. The van der Waals surface area contributed by atoms with Crippen LogP contribution in [0.1, 0.15) is 29.7 Å². The molecule has 0 aliphatic carbocycles. The van der Waals surface area contributed by atoms with Crippen LogP contribution in [0.15, 0.2) is 89.0 Å². The van der Waals surface area contributed by atoms with Crippen LogP contribution in [0.3, 0.4) is 0 Å². The molecule has 1 saturated heterocycles. The minimum atomic E-state index is -0.699. The highest BCUT2D eigenvalue weighted by atomic mass is 79.9. The standard InChI is InChI=1S/C29H25BrN2O4/c1-2-36-22-13-9-19(10-14-22)27(33)25-26(18-7-11-21(30)12-8-18)32(29(35)28(25)34)16-15-20-17-31-24-6-4-3-5-23(20)24/h3-14,17,26,31,33H,2,15-16H2,1H3. The van der Waals surface area contributed by atoms with Crippen LogP contribution < -0.4 is 4.74 Å². The molecule has 7 heteroatoms. The minimum Gasteiger partial charge on any atom is -0.507 e. The van der Waals surface area contributed by atoms with Crippen LogP contribution >= 0.6 is 15.9 Å². The number of benzene rings is 3. The van der Waals surface area contributed by atoms with Crippen molar-refractivity contribution in [3.05, 3.63) is 106 Å². The monoisotopic (exact) mass is 544 g/mol. The van der Waals surface area contributed by atoms with Gasteiger partial charge in [0.05, 0.1) is 18.2 Å². The second-order valence-electron chi connectivity index (χ2n) is 8.61. The van der Waals surface area contributed by atoms with Gasteiger partial charge in [-0.05, 0) is 66.9 Å². The number of carbonyl (C=O) groups is 2. The number of Topliss-reactive ketones (excluding diaryl/α,β-unsaturated/α-hetero) is 1. The predicted molar refractivity (Wildman–Crippen MR) is 143 cm³/mol. The van der Waals surface area contributed by atoms with E-state index in [-0.39, 0.29) is 11.3 Å². The maximum Gasteiger partial charge on any atom is 0.295 e. The Bertz CT molecular complexity index is 1450. The molecule has 182 valence electrons. The summed E-state index contributed by atoms with van der Waals surface area (Å²) in [4.78, 5) is 31.4. The lowest BCUT2D eigenvalue weighted by Crippen LogP contribution is -2.31. The maximum atomic E-state index is 13.3. The van der Waals surface area contributed by atoms with Crippen molar-refractivity contribution in [3.8, 4) is 5.75 Å². The summed E-state index contributed by atoms with van der Waals surface area (Å²) in [5.74, 6) is -0.833. The van der Waals surface area contributed by atoms with Crippen molar-refractivity contribution >= 4 is 44.3 Å². The Morgan fingerprint density at radius 3 is 2.47 bits per heavy atom. The molecule has 2 N–H and O–H groups in total. The van der Waals surface area contributed by atoms with E-state index in [1.165, 1.54) is 0 Å². The molecule has 1 unspecified atom stereocenters. The molecule has 1 aromatic heterocycles. The molecule has 2 heterocycles. The van der Waals surface area contributed by atoms with E-state index in [1.54, 1.807) is 29.2 Å². The second-order valence-corrected chi connectivity index (χ2v) is 9.53. The van der Waals surface area contributed by atoms with Crippen molar-refractivity contribution in [2.75, 3.05) is 13.2 Å². The molecule has 1 aliphatic heterocycles. The zero-order valence-electron chi connectivity index (χ0n) is 19.7. The molecule has 5 rings (SSSR count). The number of ketones is 1. The summed E-state index contributed by atoms with van der Waals surface area (Å²) in [6.07, 6.45) is 2.50. The van der Waals surface area contributed by atoms with Gasteiger partial charge in [0.2, 0.25) is 0 Å². The molecule has 1 amide bonds. The molecule has 4 aromatic rings. The zero-order valence-corrected chi connectivity index (χ0v) is 21.3. The third kappa shape index (κ3) is 4.42. The van der Waals surface area contributed by atoms with E-state index in [0.29, 0.717) is 30.9 Å². The number of fused-ring (bicyclic) bond motifs is 1. The van der Waals surface area contributed by atoms with Gasteiger partial charge in [0, 0.05) is 33.7 Å². The Morgan fingerprint density at radius 1 is 1.03 bits per heavy atom. The molecule has 1 atom stereocenters. The normalized spacial score (nSPS) is 17.2. The maximum absolute atomic E-state index is 13.3. The second kappa shape index (κ2) is 10.0. The van der Waals surface area contributed by atoms with Gasteiger partial charge in [-0.2, -0.15) is 0 Å². The number of aromatic amines is 1. The number of hydrogen-bond donors (Lipinski definition) is 2. The molecule has 3 aromatic carbocycles. The first-order valence-electron chi connectivity index (χ1n) is 11.8. The van der Waals surface area contributed by atoms with Crippen molar-refractivity contribution in [2.45, 2.75) is 19.4 Å². The van der Waals surface area contributed by atoms with Crippen LogP contribution in [0.4, 0.5) is 0 Å². The van der Waals surface area contributed by atoms with E-state index in [4.69, 9.17) is 4.74 Å². The SMILES string of the molecule is CCOc1ccc(C(O)=C2C(=O)C(=O)N(CCc3c[nH]c4ccccc34)C2c2ccc(Br)cc2)cc1. The molecule has 36 heavy (non-hydrogen) atoms. The smallest absolute Gasteiger partial charge is 0.295 e. The number of rotatable bonds is 7. The highest BCUT2D eigenvalue weighted by Crippen LogP contribution is 2.40. The number of nitrogens with zero attached hydrogens (tertiary/aromatic N) is 1. The van der Waals surface area contributed by atoms with E-state index in [1.807, 2.05) is 61.7 Å². The van der Waals surface area contributed by atoms with E-state index in [2.05, 4.69) is 20.9 Å². The minimum absolute atomic E-state index is 0.0883. The summed E-state index contributed by atoms with van der Waals surface area (Å²) in [5, 5.41) is 12.3. The number of amides is 1. The van der Waals surface area contributed by atoms with Gasteiger partial charge in [0.15, 0.2) is 0 Å². The van der Waals surface area contributed by atoms with Gasteiger partial charge in [0.1, 0.15) is 11.5 Å². The lowest BCUT2D eigenvalue weighted by Gasteiger charge is -2.25. The molecule has 1 aliphatic rings. The van der Waals surface area contributed by atoms with Crippen LogP contribution in [0.25, 0.3) is 16.7 Å². The van der Waals surface area contributed by atoms with E-state index < -0.39 is 17.7 Å². The molecule has 0 radical (unpaired) electrons. The van der Waals surface area contributed by atoms with Gasteiger partial charge >= 0.3 is 0 Å². The van der Waals surface area contributed by atoms with E-state index in [9.17, 15) is 14.7 Å². The molecule has 0 saturated carbocycles. The van der Waals surface area contributed by atoms with Crippen molar-refractivity contribution < 1.29 is 19.4 Å². The number of ether oxygens (including phenoxy) is 1. The number of hydrogen-bond acceptors (Lipinski definition) is 4. The van der Waals surface area contributed by atoms with Gasteiger partial charge in [-0.15, -0.1) is 0 Å². The average Bonchev–Trinajstić information content (AvgIpc) is 3.42. The van der Waals surface area contributed by atoms with E-state index >= 15 is 0 Å². The summed E-state index contributed by atoms with van der Waals surface area (Å²) in [6, 6.07) is 21.6. The number of H-pyrrole nitrogens is 1. The molecular formula is C29H25BrN2O4. The van der Waals surface area contributed by atoms with Gasteiger partial charge in [-0.3, -0.25) is 9.59 Å². The summed E-state index contributed by atoms with van der Waals surface area (Å²) in [6.45, 7) is 2.74. The number of carbonyl (C=O) groups excluding carboxylic acids is 2. The fourth-order valence-electron chi connectivity index (χ4n) is 4.71. The van der Waals surface area contributed by atoms with Gasteiger partial charge in [0.25, 0.3) is 11.7 Å². The zero-order chi connectivity index (χ0) is 25.2. The van der Waals surface area contributed by atoms with Crippen LogP contribution in [0, 0.1) is 0 Å². The van der Waals surface area contributed by atoms with Crippen molar-refractivity contribution in [3.63, 3.8) is 0 Å². The first-order chi connectivity index (χ1) is 17.5. The number of halogens is 1. The molecule has 1 fully saturated rings. The van der Waals surface area contributed by atoms with Crippen LogP contribution in [-0.2, 0) is 16.0 Å². The van der Waals surface area contributed by atoms with Crippen molar-refractivity contribution in [1.29, 1.82) is 0 Å². The quantitative estimate of drug-likeness (QED) is 0.170. The van der Waals surface area contributed by atoms with Gasteiger partial charge in [-0.1, -0.05) is 46.3 Å². The number of aromatic nitrogens is 1. The largest absolute Gasteiger partial charge is 0.507 e. The molecular weight excluding hydrogens is 520 g/mol. The Labute approximate surface area is 217 Å². The number of para-hydroxylation sites is 1. The average molecular weight is 545 g/mol. The van der Waals surface area contributed by atoms with Gasteiger partial charge in [-0.25, -0.2) is 0 Å². The number of nitrogens with one attached hydrogen (secondary N) is 1. The summed E-state index contributed by atoms with van der Waals surface area (Å²) in [7, 11) is 0. The van der Waals surface area contributed by atoms with Crippen LogP contribution in [0.2, 0.25) is 0 Å². The Morgan fingerprint density at radius 2 is 1.75 bits per heavy atom. The third-order valence-corrected chi connectivity index (χ3v) is 6.99. The fraction of sp³-hybridized carbons (Fsp3) is 0.172. The summed E-state index contributed by atoms with van der Waals surface area (Å²) >= 11 is 3.45. The van der Waals surface area contributed by atoms with E-state index in [0.717, 1.165) is 26.5 Å². The van der Waals surface area contributed by atoms with Crippen LogP contribution in [-0.4, -0.2) is 39.8 Å². The van der Waals surface area contributed by atoms with Crippen molar-refractivity contribution in [1.82, 2.24) is 9.88 Å². The fourth-order valence-corrected chi connectivity index (χ4v) is 4.98. The highest BCUT2D eigenvalue weighted by molar-refractivity contribution is 9.10. The molecule has 6 nitrogen and oxygen atoms in total. The summed E-state index contributed by atoms with van der Waals surface area (Å²) in [5.41, 5.74) is 3.38. The molecule has 0 spiro atoms. The highest BCUT2D eigenvalue weighted by Gasteiger charge is 2.45. The number of likely N-dealkylation sites (tertiary alicyclic amines) is 1. The van der Waals surface area contributed by atoms with Crippen LogP contribution in [0.5, 0.6) is 5.75 Å². The lowest BCUT2D eigenvalue weighted by atomic mass is 9.95. The van der Waals surface area contributed by atoms with Gasteiger partial charge < -0.3 is 19.7 Å². The van der Waals surface area contributed by atoms with Crippen molar-refractivity contribution in [2.24, 2.45) is 0 Å². The topological polar surface area (TPSA) is 82.6 Å². The number of aliphatic hydroxyl groups excluding tert-OH is 1. The predicted octanol–water partition coefficient (Wildman–Crippen LogP) is 5.99. The Hall–Kier alpha value is -3.84. The first-order valence-corrected chi connectivity index (χ1v) is 12.6. The number of aliphatic hydroxyl groups is 1.